The molecule has 0 radical (unpaired) electrons. The highest BCUT2D eigenvalue weighted by molar-refractivity contribution is 7.89. The summed E-state index contributed by atoms with van der Waals surface area (Å²) in [6, 6.07) is 4.40. The third-order valence-corrected chi connectivity index (χ3v) is 7.56. The Morgan fingerprint density at radius 3 is 2.60 bits per heavy atom. The van der Waals surface area contributed by atoms with Gasteiger partial charge in [0.15, 0.2) is 10.8 Å². The molecule has 30 heavy (non-hydrogen) atoms. The quantitative estimate of drug-likeness (QED) is 0.647. The molecule has 1 fully saturated rings. The van der Waals surface area contributed by atoms with Crippen LogP contribution < -0.4 is 5.32 Å². The second-order valence-electron chi connectivity index (χ2n) is 6.74. The second-order valence-corrected chi connectivity index (χ2v) is 9.71. The number of hydrogen-bond acceptors (Lipinski definition) is 6. The summed E-state index contributed by atoms with van der Waals surface area (Å²) in [5, 5.41) is 5.91. The lowest BCUT2D eigenvalue weighted by atomic mass is 10.2. The second kappa shape index (κ2) is 7.32. The molecule has 1 aliphatic heterocycles. The smallest absolute Gasteiger partial charge is 0.298 e. The molecule has 1 saturated heterocycles. The fraction of sp³-hybridized carbons (Fsp3) is 0.353. The van der Waals surface area contributed by atoms with Gasteiger partial charge >= 0.3 is 6.18 Å². The molecule has 0 spiro atoms. The van der Waals surface area contributed by atoms with Crippen molar-refractivity contribution in [1.29, 1.82) is 0 Å². The minimum absolute atomic E-state index is 0.0581. The van der Waals surface area contributed by atoms with E-state index < -0.39 is 33.4 Å². The summed E-state index contributed by atoms with van der Waals surface area (Å²) in [5.74, 6) is -1.00. The van der Waals surface area contributed by atoms with Gasteiger partial charge in [-0.1, -0.05) is 11.3 Å². The van der Waals surface area contributed by atoms with Crippen LogP contribution in [-0.2, 0) is 23.2 Å². The molecule has 1 N–H and O–H groups in total. The molecule has 1 aliphatic rings. The monoisotopic (exact) mass is 459 g/mol. The summed E-state index contributed by atoms with van der Waals surface area (Å²) in [6.45, 7) is 0.939. The highest BCUT2D eigenvalue weighted by Crippen LogP contribution is 2.33. The number of alkyl halides is 3. The van der Waals surface area contributed by atoms with Crippen molar-refractivity contribution < 1.29 is 26.4 Å². The fourth-order valence-corrected chi connectivity index (χ4v) is 5.82. The van der Waals surface area contributed by atoms with Gasteiger partial charge in [0.1, 0.15) is 0 Å². The number of benzene rings is 1. The van der Waals surface area contributed by atoms with E-state index in [0.717, 1.165) is 37.4 Å². The number of nitrogens with one attached hydrogen (secondary N) is 1. The third-order valence-electron chi connectivity index (χ3n) is 4.74. The molecule has 160 valence electrons. The highest BCUT2D eigenvalue weighted by atomic mass is 32.2. The van der Waals surface area contributed by atoms with Crippen molar-refractivity contribution in [1.82, 2.24) is 19.1 Å². The molecule has 1 aromatic carbocycles. The van der Waals surface area contributed by atoms with E-state index in [1.807, 2.05) is 0 Å². The molecule has 0 saturated carbocycles. The first kappa shape index (κ1) is 20.8. The van der Waals surface area contributed by atoms with Gasteiger partial charge in [-0.2, -0.15) is 22.6 Å². The van der Waals surface area contributed by atoms with Gasteiger partial charge in [-0.15, -0.1) is 0 Å². The van der Waals surface area contributed by atoms with E-state index in [9.17, 15) is 26.4 Å². The van der Waals surface area contributed by atoms with Gasteiger partial charge in [-0.3, -0.25) is 14.8 Å². The van der Waals surface area contributed by atoms with Crippen molar-refractivity contribution in [3.05, 3.63) is 35.7 Å². The largest absolute Gasteiger partial charge is 0.433 e. The molecule has 0 aliphatic carbocycles. The number of thiazole rings is 1. The molecule has 1 amide bonds. The first-order chi connectivity index (χ1) is 14.1. The summed E-state index contributed by atoms with van der Waals surface area (Å²) < 4.78 is 67.4. The first-order valence-electron chi connectivity index (χ1n) is 8.88. The van der Waals surface area contributed by atoms with E-state index in [1.54, 1.807) is 0 Å². The molecule has 3 aromatic rings. The first-order valence-corrected chi connectivity index (χ1v) is 11.1. The maximum atomic E-state index is 13.2. The Morgan fingerprint density at radius 1 is 1.23 bits per heavy atom. The van der Waals surface area contributed by atoms with Crippen LogP contribution in [0.2, 0.25) is 0 Å². The van der Waals surface area contributed by atoms with Crippen molar-refractivity contribution in [2.45, 2.75) is 23.9 Å². The number of carbonyl (C=O) groups excluding carboxylic acids is 1. The van der Waals surface area contributed by atoms with E-state index >= 15 is 0 Å². The Hall–Kier alpha value is -2.51. The molecule has 0 atom stereocenters. The van der Waals surface area contributed by atoms with Crippen LogP contribution in [0.25, 0.3) is 10.2 Å². The van der Waals surface area contributed by atoms with Crippen LogP contribution in [0.3, 0.4) is 0 Å². The third kappa shape index (κ3) is 3.68. The van der Waals surface area contributed by atoms with E-state index in [1.165, 1.54) is 22.5 Å². The Balaban J connectivity index is 1.61. The minimum atomic E-state index is -4.75. The molecule has 4 rings (SSSR count). The molecule has 13 heteroatoms. The lowest BCUT2D eigenvalue weighted by Gasteiger charge is -2.15. The van der Waals surface area contributed by atoms with Crippen molar-refractivity contribution in [3.63, 3.8) is 0 Å². The predicted molar refractivity (Wildman–Crippen MR) is 104 cm³/mol. The number of rotatable bonds is 4. The number of sulfonamides is 1. The van der Waals surface area contributed by atoms with Gasteiger partial charge in [-0.05, 0) is 31.0 Å². The zero-order valence-corrected chi connectivity index (χ0v) is 17.2. The SMILES string of the molecule is Cn1ncc(C(=O)Nc2nc3ccc(S(=O)(=O)N4CCCC4)cc3s2)c1C(F)(F)F. The molecule has 0 bridgehead atoms. The lowest BCUT2D eigenvalue weighted by Crippen LogP contribution is -2.27. The van der Waals surface area contributed by atoms with Crippen LogP contribution in [0, 0.1) is 0 Å². The number of anilines is 1. The summed E-state index contributed by atoms with van der Waals surface area (Å²) in [4.78, 5) is 16.7. The van der Waals surface area contributed by atoms with Crippen molar-refractivity contribution in [2.24, 2.45) is 7.05 Å². The number of amides is 1. The fourth-order valence-electron chi connectivity index (χ4n) is 3.30. The number of aromatic nitrogens is 3. The maximum Gasteiger partial charge on any atom is 0.433 e. The summed E-state index contributed by atoms with van der Waals surface area (Å²) in [5.41, 5.74) is -1.36. The lowest BCUT2D eigenvalue weighted by molar-refractivity contribution is -0.144. The maximum absolute atomic E-state index is 13.2. The van der Waals surface area contributed by atoms with Crippen LogP contribution in [-0.4, -0.2) is 46.5 Å². The molecule has 0 unspecified atom stereocenters. The summed E-state index contributed by atoms with van der Waals surface area (Å²) in [7, 11) is -2.52. The minimum Gasteiger partial charge on any atom is -0.298 e. The van der Waals surface area contributed by atoms with Crippen LogP contribution >= 0.6 is 11.3 Å². The van der Waals surface area contributed by atoms with Gasteiger partial charge in [0.25, 0.3) is 5.91 Å². The molecule has 3 heterocycles. The van der Waals surface area contributed by atoms with Crippen LogP contribution in [0.15, 0.2) is 29.3 Å². The predicted octanol–water partition coefficient (Wildman–Crippen LogP) is 3.09. The van der Waals surface area contributed by atoms with Crippen molar-refractivity contribution >= 4 is 42.6 Å². The Bertz CT molecular complexity index is 1230. The Morgan fingerprint density at radius 2 is 1.93 bits per heavy atom. The van der Waals surface area contributed by atoms with Gasteiger partial charge in [-0.25, -0.2) is 13.4 Å². The Kier molecular flexibility index (Phi) is 5.06. The summed E-state index contributed by atoms with van der Waals surface area (Å²) in [6.07, 6.45) is -2.28. The van der Waals surface area contributed by atoms with Gasteiger partial charge < -0.3 is 0 Å². The average Bonchev–Trinajstić information content (AvgIpc) is 3.39. The zero-order valence-electron chi connectivity index (χ0n) is 15.6. The van der Waals surface area contributed by atoms with E-state index in [4.69, 9.17) is 0 Å². The number of fused-ring (bicyclic) bond motifs is 1. The number of carbonyl (C=O) groups is 1. The van der Waals surface area contributed by atoms with E-state index in [0.29, 0.717) is 28.0 Å². The normalized spacial score (nSPS) is 15.7. The zero-order chi connectivity index (χ0) is 21.7. The topological polar surface area (TPSA) is 97.2 Å². The van der Waals surface area contributed by atoms with Gasteiger partial charge in [0.05, 0.1) is 26.9 Å². The van der Waals surface area contributed by atoms with Crippen LogP contribution in [0.5, 0.6) is 0 Å². The molecular formula is C17H16F3N5O3S2. The highest BCUT2D eigenvalue weighted by Gasteiger charge is 2.39. The average molecular weight is 459 g/mol. The molecule has 2 aromatic heterocycles. The number of halogens is 3. The van der Waals surface area contributed by atoms with Gasteiger partial charge in [0.2, 0.25) is 10.0 Å². The molecular weight excluding hydrogens is 443 g/mol. The van der Waals surface area contributed by atoms with Crippen LogP contribution in [0.1, 0.15) is 28.9 Å². The van der Waals surface area contributed by atoms with Crippen LogP contribution in [0.4, 0.5) is 18.3 Å². The number of nitrogens with zero attached hydrogens (tertiary/aromatic N) is 4. The van der Waals surface area contributed by atoms with Gasteiger partial charge in [0, 0.05) is 20.1 Å². The van der Waals surface area contributed by atoms with E-state index in [2.05, 4.69) is 15.4 Å². The van der Waals surface area contributed by atoms with E-state index in [-0.39, 0.29) is 10.0 Å². The number of hydrogen-bond donors (Lipinski definition) is 1. The van der Waals surface area contributed by atoms with Crippen molar-refractivity contribution in [3.8, 4) is 0 Å². The molecule has 8 nitrogen and oxygen atoms in total. The number of aryl methyl sites for hydroxylation is 1. The standard InChI is InChI=1S/C17H16F3N5O3S2/c1-24-14(17(18,19)20)11(9-21-24)15(26)23-16-22-12-5-4-10(8-13(12)29-16)30(27,28)25-6-2-3-7-25/h4-5,8-9H,2-3,6-7H2,1H3,(H,22,23,26). The summed E-state index contributed by atoms with van der Waals surface area (Å²) >= 11 is 0.979. The van der Waals surface area contributed by atoms with Crippen molar-refractivity contribution in [2.75, 3.05) is 18.4 Å². The Labute approximate surface area is 173 Å².